The third kappa shape index (κ3) is 5.31. The second-order valence-corrected chi connectivity index (χ2v) is 8.50. The predicted molar refractivity (Wildman–Crippen MR) is 116 cm³/mol. The summed E-state index contributed by atoms with van der Waals surface area (Å²) in [6.45, 7) is 5.04. The van der Waals surface area contributed by atoms with Crippen molar-refractivity contribution < 1.29 is 14.2 Å². The minimum Gasteiger partial charge on any atom is -0.497 e. The van der Waals surface area contributed by atoms with Crippen LogP contribution in [0.15, 0.2) is 42.5 Å². The zero-order chi connectivity index (χ0) is 20.1. The van der Waals surface area contributed by atoms with Crippen LogP contribution in [-0.2, 0) is 17.9 Å². The molecule has 4 rings (SSSR count). The first-order valence-corrected chi connectivity index (χ1v) is 10.8. The lowest BCUT2D eigenvalue weighted by Gasteiger charge is -2.35. The van der Waals surface area contributed by atoms with Gasteiger partial charge in [-0.05, 0) is 79.4 Å². The van der Waals surface area contributed by atoms with Crippen LogP contribution in [0.4, 0.5) is 0 Å². The fourth-order valence-electron chi connectivity index (χ4n) is 4.53. The van der Waals surface area contributed by atoms with E-state index in [-0.39, 0.29) is 0 Å². The molecule has 1 saturated carbocycles. The molecule has 29 heavy (non-hydrogen) atoms. The molecule has 0 bridgehead atoms. The number of nitrogens with zero attached hydrogens (tertiary/aromatic N) is 1. The molecule has 4 nitrogen and oxygen atoms in total. The van der Waals surface area contributed by atoms with Gasteiger partial charge in [-0.25, -0.2) is 0 Å². The van der Waals surface area contributed by atoms with Crippen molar-refractivity contribution in [2.45, 2.75) is 44.8 Å². The van der Waals surface area contributed by atoms with E-state index in [2.05, 4.69) is 29.2 Å². The van der Waals surface area contributed by atoms with Crippen molar-refractivity contribution in [3.8, 4) is 11.5 Å². The van der Waals surface area contributed by atoms with E-state index in [1.54, 1.807) is 14.2 Å². The summed E-state index contributed by atoms with van der Waals surface area (Å²) in [5.74, 6) is 2.97. The zero-order valence-corrected chi connectivity index (χ0v) is 17.7. The van der Waals surface area contributed by atoms with E-state index < -0.39 is 0 Å². The molecule has 1 saturated heterocycles. The molecule has 1 heterocycles. The molecule has 1 aliphatic heterocycles. The molecule has 0 N–H and O–H groups in total. The molecule has 0 radical (unpaired) electrons. The number of hydrogen-bond acceptors (Lipinski definition) is 4. The molecule has 2 fully saturated rings. The molecule has 2 aromatic rings. The van der Waals surface area contributed by atoms with Crippen molar-refractivity contribution in [1.29, 1.82) is 0 Å². The molecule has 4 heteroatoms. The van der Waals surface area contributed by atoms with Crippen molar-refractivity contribution in [3.05, 3.63) is 59.2 Å². The summed E-state index contributed by atoms with van der Waals surface area (Å²) in [5, 5.41) is 0. The molecular weight excluding hydrogens is 362 g/mol. The molecule has 156 valence electrons. The highest BCUT2D eigenvalue weighted by atomic mass is 16.5. The Labute approximate surface area is 174 Å². The molecule has 0 atom stereocenters. The first kappa shape index (κ1) is 20.2. The highest BCUT2D eigenvalue weighted by molar-refractivity contribution is 5.38. The van der Waals surface area contributed by atoms with Crippen molar-refractivity contribution in [3.63, 3.8) is 0 Å². The lowest BCUT2D eigenvalue weighted by molar-refractivity contribution is 0.0507. The number of rotatable bonds is 9. The number of benzene rings is 2. The van der Waals surface area contributed by atoms with E-state index in [1.807, 2.05) is 18.2 Å². The van der Waals surface area contributed by atoms with Crippen LogP contribution in [-0.4, -0.2) is 38.8 Å². The van der Waals surface area contributed by atoms with Crippen LogP contribution in [0.5, 0.6) is 11.5 Å². The Morgan fingerprint density at radius 2 is 1.52 bits per heavy atom. The molecule has 0 unspecified atom stereocenters. The van der Waals surface area contributed by atoms with Crippen molar-refractivity contribution in [2.75, 3.05) is 33.9 Å². The SMILES string of the molecule is COc1cc(COCC2CC(c3ccc(CN4CCCC4)cc3)C2)cc(OC)c1. The molecule has 1 aliphatic carbocycles. The van der Waals surface area contributed by atoms with Crippen LogP contribution < -0.4 is 9.47 Å². The molecule has 0 aromatic heterocycles. The second kappa shape index (κ2) is 9.64. The average molecular weight is 396 g/mol. The summed E-state index contributed by atoms with van der Waals surface area (Å²) in [7, 11) is 3.35. The van der Waals surface area contributed by atoms with Gasteiger partial charge < -0.3 is 14.2 Å². The summed E-state index contributed by atoms with van der Waals surface area (Å²) in [6, 6.07) is 15.2. The van der Waals surface area contributed by atoms with Crippen molar-refractivity contribution in [1.82, 2.24) is 4.90 Å². The van der Waals surface area contributed by atoms with Crippen molar-refractivity contribution >= 4 is 0 Å². The van der Waals surface area contributed by atoms with Crippen LogP contribution in [0.25, 0.3) is 0 Å². The summed E-state index contributed by atoms with van der Waals surface area (Å²) in [4.78, 5) is 2.56. The third-order valence-corrected chi connectivity index (χ3v) is 6.33. The minimum absolute atomic E-state index is 0.597. The topological polar surface area (TPSA) is 30.9 Å². The van der Waals surface area contributed by atoms with E-state index in [9.17, 15) is 0 Å². The van der Waals surface area contributed by atoms with Gasteiger partial charge in [0.15, 0.2) is 0 Å². The Hall–Kier alpha value is -2.04. The van der Waals surface area contributed by atoms with Gasteiger partial charge >= 0.3 is 0 Å². The standard InChI is InChI=1S/C25H33NO3/c1-27-24-13-21(14-25(15-24)28-2)18-29-17-20-11-23(12-20)22-7-5-19(6-8-22)16-26-9-3-4-10-26/h5-8,13-15,20,23H,3-4,9-12,16-18H2,1-2H3. The Kier molecular flexibility index (Phi) is 6.73. The fraction of sp³-hybridized carbons (Fsp3) is 0.520. The summed E-state index contributed by atoms with van der Waals surface area (Å²) in [6.07, 6.45) is 5.17. The Morgan fingerprint density at radius 1 is 0.862 bits per heavy atom. The van der Waals surface area contributed by atoms with Crippen LogP contribution >= 0.6 is 0 Å². The second-order valence-electron chi connectivity index (χ2n) is 8.50. The van der Waals surface area contributed by atoms with Crippen molar-refractivity contribution in [2.24, 2.45) is 5.92 Å². The summed E-state index contributed by atoms with van der Waals surface area (Å²) in [5.41, 5.74) is 4.03. The van der Waals surface area contributed by atoms with Crippen LogP contribution in [0.2, 0.25) is 0 Å². The number of methoxy groups -OCH3 is 2. The van der Waals surface area contributed by atoms with Gasteiger partial charge in [0.1, 0.15) is 11.5 Å². The average Bonchev–Trinajstić information content (AvgIpc) is 3.23. The van der Waals surface area contributed by atoms with E-state index in [4.69, 9.17) is 14.2 Å². The summed E-state index contributed by atoms with van der Waals surface area (Å²) < 4.78 is 16.6. The quantitative estimate of drug-likeness (QED) is 0.597. The lowest BCUT2D eigenvalue weighted by atomic mass is 9.72. The highest BCUT2D eigenvalue weighted by Crippen LogP contribution is 2.41. The Balaban J connectivity index is 1.19. The largest absolute Gasteiger partial charge is 0.497 e. The van der Waals surface area contributed by atoms with Crippen LogP contribution in [0.3, 0.4) is 0 Å². The van der Waals surface area contributed by atoms with E-state index in [1.165, 1.54) is 49.9 Å². The smallest absolute Gasteiger partial charge is 0.122 e. The van der Waals surface area contributed by atoms with Gasteiger partial charge in [-0.1, -0.05) is 24.3 Å². The molecule has 2 aromatic carbocycles. The number of likely N-dealkylation sites (tertiary alicyclic amines) is 1. The zero-order valence-electron chi connectivity index (χ0n) is 17.7. The van der Waals surface area contributed by atoms with Crippen LogP contribution in [0, 0.1) is 5.92 Å². The van der Waals surface area contributed by atoms with Gasteiger partial charge in [0.2, 0.25) is 0 Å². The van der Waals surface area contributed by atoms with Gasteiger partial charge in [0.05, 0.1) is 20.8 Å². The van der Waals surface area contributed by atoms with E-state index in [0.717, 1.165) is 30.2 Å². The molecule has 0 spiro atoms. The monoisotopic (exact) mass is 395 g/mol. The Morgan fingerprint density at radius 3 is 2.14 bits per heavy atom. The highest BCUT2D eigenvalue weighted by Gasteiger charge is 2.30. The number of ether oxygens (including phenoxy) is 3. The van der Waals surface area contributed by atoms with E-state index in [0.29, 0.717) is 18.4 Å². The maximum absolute atomic E-state index is 5.98. The predicted octanol–water partition coefficient (Wildman–Crippen LogP) is 5.01. The van der Waals surface area contributed by atoms with Gasteiger partial charge in [-0.3, -0.25) is 4.90 Å². The fourth-order valence-corrected chi connectivity index (χ4v) is 4.53. The van der Waals surface area contributed by atoms with Gasteiger partial charge in [0.25, 0.3) is 0 Å². The minimum atomic E-state index is 0.597. The maximum Gasteiger partial charge on any atom is 0.122 e. The first-order valence-electron chi connectivity index (χ1n) is 10.8. The first-order chi connectivity index (χ1) is 14.2. The normalized spacial score (nSPS) is 21.7. The van der Waals surface area contributed by atoms with Gasteiger partial charge in [0, 0.05) is 19.2 Å². The van der Waals surface area contributed by atoms with Gasteiger partial charge in [-0.2, -0.15) is 0 Å². The molecule has 0 amide bonds. The maximum atomic E-state index is 5.98. The molecule has 2 aliphatic rings. The lowest BCUT2D eigenvalue weighted by Crippen LogP contribution is -2.26. The van der Waals surface area contributed by atoms with E-state index >= 15 is 0 Å². The van der Waals surface area contributed by atoms with Crippen LogP contribution in [0.1, 0.15) is 48.3 Å². The van der Waals surface area contributed by atoms with Gasteiger partial charge in [-0.15, -0.1) is 0 Å². The molecular formula is C25H33NO3. The number of hydrogen-bond donors (Lipinski definition) is 0. The third-order valence-electron chi connectivity index (χ3n) is 6.33. The summed E-state index contributed by atoms with van der Waals surface area (Å²) >= 11 is 0. The Bertz CT molecular complexity index is 755.